The number of pyridine rings is 1. The quantitative estimate of drug-likeness (QED) is 0.345. The third-order valence-electron chi connectivity index (χ3n) is 4.57. The first-order chi connectivity index (χ1) is 12.2. The molecule has 5 heteroatoms. The SMILES string of the molecule is CCN1C(=Cc2ccc3ccccc3[n+]2CC)Sc2ccc(I)cc21.[I-]. The molecular formula is C21H20I2N2S. The third kappa shape index (κ3) is 3.62. The lowest BCUT2D eigenvalue weighted by Crippen LogP contribution is -3.00. The van der Waals surface area contributed by atoms with Gasteiger partial charge in [-0.05, 0) is 66.8 Å². The molecule has 4 rings (SSSR count). The van der Waals surface area contributed by atoms with Gasteiger partial charge in [0.15, 0.2) is 0 Å². The standard InChI is InChI=1S/C21H20IN2S.HI/c1-3-23-17(11-9-15-7-5-6-8-18(15)23)14-21-24(4-2)19-13-16(22)10-12-20(19)25-21;/h5-14H,3-4H2,1-2H3;1H/q+1;/p-1. The van der Waals surface area contributed by atoms with E-state index in [9.17, 15) is 0 Å². The summed E-state index contributed by atoms with van der Waals surface area (Å²) in [6, 6.07) is 19.8. The average molecular weight is 586 g/mol. The molecule has 134 valence electrons. The van der Waals surface area contributed by atoms with Gasteiger partial charge in [0.1, 0.15) is 6.54 Å². The molecule has 0 radical (unpaired) electrons. The number of halogens is 2. The van der Waals surface area contributed by atoms with Gasteiger partial charge in [-0.15, -0.1) is 0 Å². The van der Waals surface area contributed by atoms with Gasteiger partial charge in [-0.3, -0.25) is 0 Å². The zero-order valence-electron chi connectivity index (χ0n) is 14.7. The molecule has 0 amide bonds. The van der Waals surface area contributed by atoms with E-state index in [1.807, 2.05) is 11.8 Å². The Hall–Kier alpha value is -0.800. The van der Waals surface area contributed by atoms with Crippen molar-refractivity contribution in [2.45, 2.75) is 25.3 Å². The smallest absolute Gasteiger partial charge is 0.212 e. The number of para-hydroxylation sites is 1. The van der Waals surface area contributed by atoms with Crippen LogP contribution >= 0.6 is 34.4 Å². The van der Waals surface area contributed by atoms with E-state index in [1.165, 1.54) is 35.8 Å². The van der Waals surface area contributed by atoms with Crippen LogP contribution in [0.2, 0.25) is 0 Å². The molecule has 3 aromatic rings. The number of fused-ring (bicyclic) bond motifs is 2. The van der Waals surface area contributed by atoms with Gasteiger partial charge in [-0.1, -0.05) is 23.9 Å². The molecule has 0 aliphatic carbocycles. The summed E-state index contributed by atoms with van der Waals surface area (Å²) in [5.41, 5.74) is 3.87. The van der Waals surface area contributed by atoms with Crippen LogP contribution in [0.3, 0.4) is 0 Å². The number of aryl methyl sites for hydroxylation is 1. The number of rotatable bonds is 3. The average Bonchev–Trinajstić information content (AvgIpc) is 2.97. The molecule has 0 N–H and O–H groups in total. The van der Waals surface area contributed by atoms with Crippen LogP contribution in [0.15, 0.2) is 64.5 Å². The highest BCUT2D eigenvalue weighted by Gasteiger charge is 2.25. The molecule has 0 saturated carbocycles. The van der Waals surface area contributed by atoms with E-state index in [-0.39, 0.29) is 24.0 Å². The highest BCUT2D eigenvalue weighted by atomic mass is 127. The van der Waals surface area contributed by atoms with Crippen LogP contribution < -0.4 is 33.4 Å². The van der Waals surface area contributed by atoms with Crippen LogP contribution in [0.25, 0.3) is 17.0 Å². The minimum atomic E-state index is 0. The number of thioether (sulfide) groups is 1. The van der Waals surface area contributed by atoms with Crippen molar-refractivity contribution >= 4 is 57.0 Å². The van der Waals surface area contributed by atoms with Gasteiger partial charge in [0.2, 0.25) is 11.2 Å². The molecule has 0 unspecified atom stereocenters. The Bertz CT molecular complexity index is 985. The van der Waals surface area contributed by atoms with Crippen molar-refractivity contribution in [3.63, 3.8) is 0 Å². The molecule has 0 saturated heterocycles. The summed E-state index contributed by atoms with van der Waals surface area (Å²) in [6.07, 6.45) is 2.33. The summed E-state index contributed by atoms with van der Waals surface area (Å²) in [6.45, 7) is 6.37. The molecule has 2 heterocycles. The molecule has 1 aliphatic rings. The van der Waals surface area contributed by atoms with E-state index >= 15 is 0 Å². The fourth-order valence-corrected chi connectivity index (χ4v) is 5.02. The first-order valence-electron chi connectivity index (χ1n) is 8.59. The second-order valence-electron chi connectivity index (χ2n) is 6.00. The maximum Gasteiger partial charge on any atom is 0.212 e. The summed E-state index contributed by atoms with van der Waals surface area (Å²) in [7, 11) is 0. The van der Waals surface area contributed by atoms with Gasteiger partial charge < -0.3 is 28.9 Å². The zero-order valence-corrected chi connectivity index (χ0v) is 19.9. The molecule has 2 aromatic carbocycles. The number of aromatic nitrogens is 1. The Morgan fingerprint density at radius 3 is 2.65 bits per heavy atom. The molecule has 0 spiro atoms. The van der Waals surface area contributed by atoms with E-state index in [0.29, 0.717) is 0 Å². The predicted molar refractivity (Wildman–Crippen MR) is 116 cm³/mol. The van der Waals surface area contributed by atoms with E-state index < -0.39 is 0 Å². The number of nitrogens with zero attached hydrogens (tertiary/aromatic N) is 2. The molecule has 1 aliphatic heterocycles. The highest BCUT2D eigenvalue weighted by molar-refractivity contribution is 14.1. The van der Waals surface area contributed by atoms with Gasteiger partial charge in [-0.2, -0.15) is 4.57 Å². The maximum atomic E-state index is 2.41. The van der Waals surface area contributed by atoms with Crippen LogP contribution in [0.1, 0.15) is 19.5 Å². The number of hydrogen-bond acceptors (Lipinski definition) is 2. The van der Waals surface area contributed by atoms with E-state index in [4.69, 9.17) is 0 Å². The van der Waals surface area contributed by atoms with Gasteiger partial charge in [-0.25, -0.2) is 0 Å². The van der Waals surface area contributed by atoms with Crippen LogP contribution in [0, 0.1) is 3.57 Å². The second-order valence-corrected chi connectivity index (χ2v) is 8.31. The first-order valence-corrected chi connectivity index (χ1v) is 10.5. The highest BCUT2D eigenvalue weighted by Crippen LogP contribution is 2.46. The van der Waals surface area contributed by atoms with Gasteiger partial charge in [0.25, 0.3) is 0 Å². The summed E-state index contributed by atoms with van der Waals surface area (Å²) in [4.78, 5) is 3.76. The molecule has 2 nitrogen and oxygen atoms in total. The molecule has 0 fully saturated rings. The minimum Gasteiger partial charge on any atom is -1.00 e. The lowest BCUT2D eigenvalue weighted by Gasteiger charge is -2.18. The molecular weight excluding hydrogens is 566 g/mol. The third-order valence-corrected chi connectivity index (χ3v) is 6.35. The van der Waals surface area contributed by atoms with E-state index in [2.05, 4.69) is 107 Å². The van der Waals surface area contributed by atoms with E-state index in [1.54, 1.807) is 0 Å². The predicted octanol–water partition coefficient (Wildman–Crippen LogP) is 2.69. The normalized spacial score (nSPS) is 14.6. The van der Waals surface area contributed by atoms with Gasteiger partial charge in [0, 0.05) is 38.6 Å². The Balaban J connectivity index is 0.00000196. The summed E-state index contributed by atoms with van der Waals surface area (Å²) in [5, 5.41) is 2.59. The van der Waals surface area contributed by atoms with Crippen molar-refractivity contribution in [2.24, 2.45) is 0 Å². The summed E-state index contributed by atoms with van der Waals surface area (Å²) < 4.78 is 3.68. The van der Waals surface area contributed by atoms with Crippen molar-refractivity contribution < 1.29 is 28.5 Å². The topological polar surface area (TPSA) is 7.12 Å². The second kappa shape index (κ2) is 8.48. The van der Waals surface area contributed by atoms with Crippen LogP contribution in [-0.4, -0.2) is 6.54 Å². The van der Waals surface area contributed by atoms with Crippen LogP contribution in [0.5, 0.6) is 0 Å². The molecule has 26 heavy (non-hydrogen) atoms. The lowest BCUT2D eigenvalue weighted by molar-refractivity contribution is -0.669. The maximum absolute atomic E-state index is 2.41. The largest absolute Gasteiger partial charge is 1.00 e. The van der Waals surface area contributed by atoms with E-state index in [0.717, 1.165) is 13.1 Å². The number of benzene rings is 2. The van der Waals surface area contributed by atoms with Crippen molar-refractivity contribution in [3.8, 4) is 0 Å². The van der Waals surface area contributed by atoms with Crippen molar-refractivity contribution in [1.29, 1.82) is 0 Å². The van der Waals surface area contributed by atoms with Crippen molar-refractivity contribution in [1.82, 2.24) is 0 Å². The van der Waals surface area contributed by atoms with Gasteiger partial charge in [0.05, 0.1) is 10.7 Å². The Morgan fingerprint density at radius 1 is 1.08 bits per heavy atom. The number of hydrogen-bond donors (Lipinski definition) is 0. The van der Waals surface area contributed by atoms with Crippen LogP contribution in [-0.2, 0) is 6.54 Å². The monoisotopic (exact) mass is 586 g/mol. The Labute approximate surface area is 189 Å². The molecule has 0 bridgehead atoms. The molecule has 0 atom stereocenters. The van der Waals surface area contributed by atoms with Gasteiger partial charge >= 0.3 is 0 Å². The van der Waals surface area contributed by atoms with Crippen molar-refractivity contribution in [2.75, 3.05) is 11.4 Å². The Morgan fingerprint density at radius 2 is 1.88 bits per heavy atom. The lowest BCUT2D eigenvalue weighted by atomic mass is 10.2. The fraction of sp³-hybridized carbons (Fsp3) is 0.190. The zero-order chi connectivity index (χ0) is 17.4. The molecule has 1 aromatic heterocycles. The summed E-state index contributed by atoms with van der Waals surface area (Å²) in [5.74, 6) is 0. The van der Waals surface area contributed by atoms with Crippen molar-refractivity contribution in [3.05, 3.63) is 68.9 Å². The van der Waals surface area contributed by atoms with Crippen LogP contribution in [0.4, 0.5) is 5.69 Å². The fourth-order valence-electron chi connectivity index (χ4n) is 3.39. The minimum absolute atomic E-state index is 0. The Kier molecular flexibility index (Phi) is 6.50. The first kappa shape index (κ1) is 19.9. The summed E-state index contributed by atoms with van der Waals surface area (Å²) >= 11 is 4.26. The number of anilines is 1.